The highest BCUT2D eigenvalue weighted by molar-refractivity contribution is 6.30. The minimum absolute atomic E-state index is 0.0381. The number of amides is 1. The first-order valence-corrected chi connectivity index (χ1v) is 11.0. The molecule has 0 radical (unpaired) electrons. The molecule has 2 aliphatic heterocycles. The quantitative estimate of drug-likeness (QED) is 0.591. The average Bonchev–Trinajstić information content (AvgIpc) is 2.80. The normalized spacial score (nSPS) is 20.0. The number of rotatable bonds is 3. The fraction of sp³-hybridized carbons (Fsp3) is 0.231. The third-order valence-corrected chi connectivity index (χ3v) is 6.51. The fourth-order valence-electron chi connectivity index (χ4n) is 4.88. The van der Waals surface area contributed by atoms with Crippen molar-refractivity contribution in [2.24, 2.45) is 5.92 Å². The monoisotopic (exact) mass is 430 g/mol. The number of fused-ring (bicyclic) bond motifs is 4. The Morgan fingerprint density at radius 2 is 1.68 bits per heavy atom. The Morgan fingerprint density at radius 3 is 2.45 bits per heavy atom. The van der Waals surface area contributed by atoms with Crippen LogP contribution in [0.1, 0.15) is 39.5 Å². The van der Waals surface area contributed by atoms with Gasteiger partial charge in [-0.2, -0.15) is 0 Å². The van der Waals surface area contributed by atoms with Crippen molar-refractivity contribution in [3.8, 4) is 0 Å². The molecule has 0 N–H and O–H groups in total. The Bertz CT molecular complexity index is 1200. The van der Waals surface area contributed by atoms with Crippen molar-refractivity contribution in [2.75, 3.05) is 13.1 Å². The van der Waals surface area contributed by atoms with Gasteiger partial charge in [-0.1, -0.05) is 54.1 Å². The molecule has 1 aromatic heterocycles. The zero-order valence-electron chi connectivity index (χ0n) is 17.1. The van der Waals surface area contributed by atoms with Crippen LogP contribution in [0.3, 0.4) is 0 Å². The zero-order valence-corrected chi connectivity index (χ0v) is 17.8. The van der Waals surface area contributed by atoms with Crippen molar-refractivity contribution < 1.29 is 4.79 Å². The van der Waals surface area contributed by atoms with Gasteiger partial charge in [0.2, 0.25) is 0 Å². The van der Waals surface area contributed by atoms with Gasteiger partial charge in [0.05, 0.1) is 0 Å². The van der Waals surface area contributed by atoms with Crippen molar-refractivity contribution in [3.63, 3.8) is 0 Å². The van der Waals surface area contributed by atoms with E-state index in [0.29, 0.717) is 30.6 Å². The van der Waals surface area contributed by atoms with E-state index in [-0.39, 0.29) is 17.4 Å². The Kier molecular flexibility index (Phi) is 5.24. The van der Waals surface area contributed by atoms with Gasteiger partial charge in [-0.3, -0.25) is 9.59 Å². The van der Waals surface area contributed by atoms with Gasteiger partial charge in [-0.25, -0.2) is 0 Å². The second-order valence-electron chi connectivity index (χ2n) is 8.38. The van der Waals surface area contributed by atoms with E-state index in [0.717, 1.165) is 28.8 Å². The second-order valence-corrected chi connectivity index (χ2v) is 8.82. The van der Waals surface area contributed by atoms with E-state index in [1.54, 1.807) is 6.07 Å². The lowest BCUT2D eigenvalue weighted by Crippen LogP contribution is -2.49. The standard InChI is InChI=1S/C26H23ClN2O2/c27-23-11-7-18(8-12-23)6-9-20-10-13-24(30)29-16-19-14-22(25(20)29)17-28(15-19)26(31)21-4-2-1-3-5-21/h1-13,19,22H,14-17H2/t19-,22-/m1/s1. The fourth-order valence-corrected chi connectivity index (χ4v) is 5.00. The molecule has 3 aromatic rings. The van der Waals surface area contributed by atoms with Gasteiger partial charge in [0, 0.05) is 47.9 Å². The van der Waals surface area contributed by atoms with Crippen LogP contribution in [0.25, 0.3) is 12.2 Å². The molecule has 1 saturated heterocycles. The molecule has 2 atom stereocenters. The molecule has 0 spiro atoms. The van der Waals surface area contributed by atoms with Crippen LogP contribution in [0.15, 0.2) is 71.5 Å². The summed E-state index contributed by atoms with van der Waals surface area (Å²) in [6.07, 6.45) is 5.11. The van der Waals surface area contributed by atoms with Crippen LogP contribution >= 0.6 is 11.6 Å². The number of nitrogens with zero attached hydrogens (tertiary/aromatic N) is 2. The number of carbonyl (C=O) groups excluding carboxylic acids is 1. The number of piperidine rings is 1. The maximum Gasteiger partial charge on any atom is 0.253 e. The summed E-state index contributed by atoms with van der Waals surface area (Å²) in [6, 6.07) is 20.7. The minimum atomic E-state index is 0.0381. The molecule has 5 rings (SSSR count). The molecule has 1 fully saturated rings. The molecule has 0 aliphatic carbocycles. The van der Waals surface area contributed by atoms with Gasteiger partial charge in [-0.15, -0.1) is 0 Å². The maximum absolute atomic E-state index is 13.1. The number of carbonyl (C=O) groups is 1. The lowest BCUT2D eigenvalue weighted by atomic mass is 9.81. The van der Waals surface area contributed by atoms with E-state index in [4.69, 9.17) is 11.6 Å². The predicted molar refractivity (Wildman–Crippen MR) is 124 cm³/mol. The summed E-state index contributed by atoms with van der Waals surface area (Å²) >= 11 is 5.99. The van der Waals surface area contributed by atoms with Gasteiger partial charge in [-0.05, 0) is 53.8 Å². The number of hydrogen-bond acceptors (Lipinski definition) is 2. The molecule has 31 heavy (non-hydrogen) atoms. The van der Waals surface area contributed by atoms with Gasteiger partial charge >= 0.3 is 0 Å². The van der Waals surface area contributed by atoms with E-state index in [9.17, 15) is 9.59 Å². The summed E-state index contributed by atoms with van der Waals surface area (Å²) in [6.45, 7) is 1.99. The molecule has 2 aromatic carbocycles. The topological polar surface area (TPSA) is 42.3 Å². The first-order chi connectivity index (χ1) is 15.1. The SMILES string of the molecule is O=C(c1ccccc1)N1C[C@H]2C[C@H](C1)c1c(C=Cc3ccc(Cl)cc3)ccc(=O)n1C2. The molecule has 2 bridgehead atoms. The first-order valence-electron chi connectivity index (χ1n) is 10.6. The molecule has 0 saturated carbocycles. The Labute approximate surface area is 186 Å². The Hall–Kier alpha value is -3.11. The van der Waals surface area contributed by atoms with E-state index in [1.807, 2.05) is 76.2 Å². The van der Waals surface area contributed by atoms with Crippen LogP contribution in [0.2, 0.25) is 5.02 Å². The number of pyridine rings is 1. The van der Waals surface area contributed by atoms with Crippen LogP contribution in [0.5, 0.6) is 0 Å². The van der Waals surface area contributed by atoms with Gasteiger partial charge in [0.25, 0.3) is 11.5 Å². The van der Waals surface area contributed by atoms with Crippen LogP contribution in [-0.4, -0.2) is 28.5 Å². The lowest BCUT2D eigenvalue weighted by Gasteiger charge is -2.43. The zero-order chi connectivity index (χ0) is 21.4. The predicted octanol–water partition coefficient (Wildman–Crippen LogP) is 4.93. The lowest BCUT2D eigenvalue weighted by molar-refractivity contribution is 0.0594. The molecular formula is C26H23ClN2O2. The number of likely N-dealkylation sites (tertiary alicyclic amines) is 1. The highest BCUT2D eigenvalue weighted by atomic mass is 35.5. The van der Waals surface area contributed by atoms with Gasteiger partial charge in [0.15, 0.2) is 0 Å². The molecule has 1 amide bonds. The van der Waals surface area contributed by atoms with Crippen molar-refractivity contribution in [2.45, 2.75) is 18.9 Å². The minimum Gasteiger partial charge on any atom is -0.338 e. The molecule has 3 heterocycles. The third kappa shape index (κ3) is 3.96. The molecule has 4 nitrogen and oxygen atoms in total. The largest absolute Gasteiger partial charge is 0.338 e. The van der Waals surface area contributed by atoms with Crippen molar-refractivity contribution in [3.05, 3.63) is 104 Å². The van der Waals surface area contributed by atoms with Crippen LogP contribution in [-0.2, 0) is 6.54 Å². The number of hydrogen-bond donors (Lipinski definition) is 0. The van der Waals surface area contributed by atoms with E-state index in [2.05, 4.69) is 6.08 Å². The van der Waals surface area contributed by atoms with Crippen LogP contribution < -0.4 is 5.56 Å². The average molecular weight is 431 g/mol. The number of halogens is 1. The summed E-state index contributed by atoms with van der Waals surface area (Å²) in [4.78, 5) is 27.7. The van der Waals surface area contributed by atoms with Gasteiger partial charge < -0.3 is 9.47 Å². The first kappa shape index (κ1) is 19.8. The van der Waals surface area contributed by atoms with Crippen LogP contribution in [0.4, 0.5) is 0 Å². The molecule has 5 heteroatoms. The third-order valence-electron chi connectivity index (χ3n) is 6.26. The molecule has 2 aliphatic rings. The summed E-state index contributed by atoms with van der Waals surface area (Å²) < 4.78 is 1.92. The summed E-state index contributed by atoms with van der Waals surface area (Å²) in [7, 11) is 0. The number of benzene rings is 2. The highest BCUT2D eigenvalue weighted by Crippen LogP contribution is 2.37. The second kappa shape index (κ2) is 8.20. The molecule has 0 unspecified atom stereocenters. The van der Waals surface area contributed by atoms with Crippen molar-refractivity contribution in [1.82, 2.24) is 9.47 Å². The molecular weight excluding hydrogens is 408 g/mol. The highest BCUT2D eigenvalue weighted by Gasteiger charge is 2.37. The van der Waals surface area contributed by atoms with E-state index >= 15 is 0 Å². The van der Waals surface area contributed by atoms with E-state index in [1.165, 1.54) is 0 Å². The smallest absolute Gasteiger partial charge is 0.253 e. The van der Waals surface area contributed by atoms with Crippen LogP contribution in [0, 0.1) is 5.92 Å². The Balaban J connectivity index is 1.47. The Morgan fingerprint density at radius 1 is 0.903 bits per heavy atom. The van der Waals surface area contributed by atoms with Crippen molar-refractivity contribution in [1.29, 1.82) is 0 Å². The number of aromatic nitrogens is 1. The summed E-state index contributed by atoms with van der Waals surface area (Å²) in [5.41, 5.74) is 3.88. The maximum atomic E-state index is 13.1. The summed E-state index contributed by atoms with van der Waals surface area (Å²) in [5.74, 6) is 0.520. The van der Waals surface area contributed by atoms with Crippen molar-refractivity contribution >= 4 is 29.7 Å². The van der Waals surface area contributed by atoms with Gasteiger partial charge in [0.1, 0.15) is 0 Å². The summed E-state index contributed by atoms with van der Waals surface area (Å²) in [5, 5.41) is 0.706. The molecule has 156 valence electrons. The van der Waals surface area contributed by atoms with E-state index < -0.39 is 0 Å².